The molecule has 0 N–H and O–H groups in total. The molecule has 0 aliphatic heterocycles. The van der Waals surface area contributed by atoms with Gasteiger partial charge in [0, 0.05) is 10.7 Å². The lowest BCUT2D eigenvalue weighted by Crippen LogP contribution is -2.13. The Morgan fingerprint density at radius 1 is 1.16 bits per heavy atom. The molecule has 0 atom stereocenters. The minimum atomic E-state index is -3.98. The van der Waals surface area contributed by atoms with E-state index < -0.39 is 21.8 Å². The molecule has 134 valence electrons. The minimum absolute atomic E-state index is 0.189. The summed E-state index contributed by atoms with van der Waals surface area (Å²) < 4.78 is 48.2. The summed E-state index contributed by atoms with van der Waals surface area (Å²) >= 11 is 6.28. The molecule has 0 saturated heterocycles. The van der Waals surface area contributed by atoms with Gasteiger partial charge in [-0.3, -0.25) is 0 Å². The maximum Gasteiger partial charge on any atom is 0.339 e. The van der Waals surface area contributed by atoms with Crippen LogP contribution in [0.5, 0.6) is 0 Å². The van der Waals surface area contributed by atoms with Crippen LogP contribution in [0.4, 0.5) is 4.39 Å². The second kappa shape index (κ2) is 9.23. The second-order valence-electron chi connectivity index (χ2n) is 4.67. The quantitative estimate of drug-likeness (QED) is 0.192. The van der Waals surface area contributed by atoms with Gasteiger partial charge < -0.3 is 9.46 Å². The summed E-state index contributed by atoms with van der Waals surface area (Å²) in [6.07, 6.45) is 0. The van der Waals surface area contributed by atoms with Crippen LogP contribution in [0.1, 0.15) is 10.4 Å². The van der Waals surface area contributed by atoms with Crippen LogP contribution in [-0.4, -0.2) is 27.5 Å². The number of halogens is 4. The van der Waals surface area contributed by atoms with Gasteiger partial charge in [-0.25, -0.2) is 17.6 Å². The number of esters is 1. The summed E-state index contributed by atoms with van der Waals surface area (Å²) in [5.74, 6) is -1.20. The van der Waals surface area contributed by atoms with E-state index in [9.17, 15) is 17.6 Å². The molecule has 0 fully saturated rings. The van der Waals surface area contributed by atoms with Gasteiger partial charge in [0.1, 0.15) is 15.8 Å². The molecule has 2 aromatic rings. The number of hydrogen-bond donors (Lipinski definition) is 0. The Balaban J connectivity index is 1.94. The molecule has 0 amide bonds. The molecule has 0 heterocycles. The summed E-state index contributed by atoms with van der Waals surface area (Å²) in [6, 6.07) is 8.21. The lowest BCUT2D eigenvalue weighted by molar-refractivity contribution is 0.0521. The average molecular weight is 700 g/mol. The van der Waals surface area contributed by atoms with E-state index >= 15 is 0 Å². The third-order valence-electron chi connectivity index (χ3n) is 2.89. The van der Waals surface area contributed by atoms with E-state index in [2.05, 4.69) is 72.5 Å². The van der Waals surface area contributed by atoms with Gasteiger partial charge in [-0.1, -0.05) is 6.07 Å². The number of nitrogens with zero attached hydrogens (tertiary/aromatic N) is 1. The first-order chi connectivity index (χ1) is 11.7. The van der Waals surface area contributed by atoms with Gasteiger partial charge in [-0.2, -0.15) is 0 Å². The monoisotopic (exact) mass is 700 g/mol. The summed E-state index contributed by atoms with van der Waals surface area (Å²) in [5.41, 5.74) is 0.421. The van der Waals surface area contributed by atoms with Crippen LogP contribution in [0.25, 0.3) is 4.72 Å². The highest BCUT2D eigenvalue weighted by Crippen LogP contribution is 2.23. The SMILES string of the molecule is O=C(OCC[N-]S(=O)(=O)c1cccc(F)c1)c1cc(I)cc(I)c1I. The molecule has 0 saturated carbocycles. The highest BCUT2D eigenvalue weighted by molar-refractivity contribution is 14.1. The fraction of sp³-hybridized carbons (Fsp3) is 0.133. The molecule has 25 heavy (non-hydrogen) atoms. The summed E-state index contributed by atoms with van der Waals surface area (Å²) in [5, 5.41) is 0. The van der Waals surface area contributed by atoms with Gasteiger partial charge in [-0.15, -0.1) is 6.54 Å². The third kappa shape index (κ3) is 5.97. The standard InChI is InChI=1S/C15H10FI3NO4S/c16-9-2-1-3-11(6-9)25(22,23)20-4-5-24-15(21)12-7-10(17)8-13(18)14(12)19/h1-3,6-8H,4-5H2/q-1. The fourth-order valence-corrected chi connectivity index (χ4v) is 5.13. The predicted octanol–water partition coefficient (Wildman–Crippen LogP) is 4.56. The van der Waals surface area contributed by atoms with Crippen molar-refractivity contribution >= 4 is 83.8 Å². The Morgan fingerprint density at radius 2 is 1.88 bits per heavy atom. The van der Waals surface area contributed by atoms with Gasteiger partial charge in [0.25, 0.3) is 0 Å². The van der Waals surface area contributed by atoms with Crippen LogP contribution in [-0.2, 0) is 14.8 Å². The van der Waals surface area contributed by atoms with Crippen molar-refractivity contribution in [3.63, 3.8) is 0 Å². The molecule has 2 aromatic carbocycles. The highest BCUT2D eigenvalue weighted by Gasteiger charge is 2.14. The Labute approximate surface area is 185 Å². The molecule has 0 unspecified atom stereocenters. The number of benzene rings is 2. The molecule has 10 heteroatoms. The van der Waals surface area contributed by atoms with E-state index in [1.807, 2.05) is 6.07 Å². The van der Waals surface area contributed by atoms with Crippen molar-refractivity contribution in [2.45, 2.75) is 4.90 Å². The summed E-state index contributed by atoms with van der Waals surface area (Å²) in [6.45, 7) is -0.423. The number of carbonyl (C=O) groups is 1. The van der Waals surface area contributed by atoms with Crippen molar-refractivity contribution < 1.29 is 22.3 Å². The van der Waals surface area contributed by atoms with Gasteiger partial charge in [0.05, 0.1) is 17.1 Å². The maximum atomic E-state index is 13.1. The van der Waals surface area contributed by atoms with Crippen LogP contribution in [0.3, 0.4) is 0 Å². The third-order valence-corrected chi connectivity index (χ3v) is 7.93. The van der Waals surface area contributed by atoms with E-state index in [0.717, 1.165) is 22.8 Å². The topological polar surface area (TPSA) is 74.5 Å². The van der Waals surface area contributed by atoms with E-state index in [1.165, 1.54) is 12.1 Å². The van der Waals surface area contributed by atoms with Crippen LogP contribution in [0.2, 0.25) is 0 Å². The summed E-state index contributed by atoms with van der Waals surface area (Å²) in [4.78, 5) is 11.9. The molecule has 0 bridgehead atoms. The zero-order chi connectivity index (χ0) is 18.6. The van der Waals surface area contributed by atoms with Crippen molar-refractivity contribution in [3.05, 3.63) is 63.2 Å². The van der Waals surface area contributed by atoms with Crippen LogP contribution >= 0.6 is 67.8 Å². The first-order valence-corrected chi connectivity index (χ1v) is 11.4. The van der Waals surface area contributed by atoms with Gasteiger partial charge in [-0.05, 0) is 98.1 Å². The Bertz CT molecular complexity index is 906. The molecule has 0 aliphatic rings. The molecule has 0 aromatic heterocycles. The van der Waals surface area contributed by atoms with Crippen molar-refractivity contribution in [1.82, 2.24) is 0 Å². The average Bonchev–Trinajstić information content (AvgIpc) is 2.54. The molecule has 0 aliphatic carbocycles. The van der Waals surface area contributed by atoms with Crippen LogP contribution < -0.4 is 0 Å². The number of rotatable bonds is 6. The molecule has 2 rings (SSSR count). The predicted molar refractivity (Wildman–Crippen MR) is 117 cm³/mol. The molecular formula is C15H10FI3NO4S-. The Hall–Kier alpha value is -0.0600. The molecule has 0 radical (unpaired) electrons. The summed E-state index contributed by atoms with van der Waals surface area (Å²) in [7, 11) is -3.98. The second-order valence-corrected chi connectivity index (χ2v) is 9.84. The number of ether oxygens (including phenoxy) is 1. The smallest absolute Gasteiger partial charge is 0.339 e. The first-order valence-electron chi connectivity index (χ1n) is 6.72. The van der Waals surface area contributed by atoms with Crippen molar-refractivity contribution in [1.29, 1.82) is 0 Å². The molecular weight excluding hydrogens is 690 g/mol. The van der Waals surface area contributed by atoms with E-state index in [-0.39, 0.29) is 18.0 Å². The lowest BCUT2D eigenvalue weighted by atomic mass is 10.2. The van der Waals surface area contributed by atoms with Crippen molar-refractivity contribution in [2.24, 2.45) is 0 Å². The number of carbonyl (C=O) groups excluding carboxylic acids is 1. The van der Waals surface area contributed by atoms with Gasteiger partial charge in [0.2, 0.25) is 0 Å². The molecule has 0 spiro atoms. The first kappa shape index (κ1) is 21.2. The fourth-order valence-electron chi connectivity index (χ4n) is 1.78. The highest BCUT2D eigenvalue weighted by atomic mass is 127. The zero-order valence-electron chi connectivity index (χ0n) is 12.4. The van der Waals surface area contributed by atoms with Crippen LogP contribution in [0.15, 0.2) is 41.3 Å². The largest absolute Gasteiger partial charge is 0.542 e. The maximum absolute atomic E-state index is 13.1. The van der Waals surface area contributed by atoms with Gasteiger partial charge >= 0.3 is 5.97 Å². The van der Waals surface area contributed by atoms with E-state index in [1.54, 1.807) is 6.07 Å². The lowest BCUT2D eigenvalue weighted by Gasteiger charge is -2.20. The van der Waals surface area contributed by atoms with E-state index in [4.69, 9.17) is 4.74 Å². The Kier molecular flexibility index (Phi) is 7.84. The zero-order valence-corrected chi connectivity index (χ0v) is 19.7. The Morgan fingerprint density at radius 3 is 2.56 bits per heavy atom. The minimum Gasteiger partial charge on any atom is -0.542 e. The van der Waals surface area contributed by atoms with Crippen molar-refractivity contribution in [2.75, 3.05) is 13.2 Å². The van der Waals surface area contributed by atoms with E-state index in [0.29, 0.717) is 5.56 Å². The number of hydrogen-bond acceptors (Lipinski definition) is 4. The van der Waals surface area contributed by atoms with Crippen molar-refractivity contribution in [3.8, 4) is 0 Å². The van der Waals surface area contributed by atoms with Gasteiger partial charge in [0.15, 0.2) is 0 Å². The number of sulfonamides is 1. The normalized spacial score (nSPS) is 11.4. The molecule has 5 nitrogen and oxygen atoms in total. The van der Waals surface area contributed by atoms with Crippen LogP contribution in [0, 0.1) is 16.5 Å².